The van der Waals surface area contributed by atoms with Gasteiger partial charge in [-0.2, -0.15) is 0 Å². The molecule has 1 heterocycles. The molecule has 1 saturated heterocycles. The predicted molar refractivity (Wildman–Crippen MR) is 58.8 cm³/mol. The number of anilines is 1. The van der Waals surface area contributed by atoms with Gasteiger partial charge in [0.1, 0.15) is 0 Å². The zero-order valence-corrected chi connectivity index (χ0v) is 8.67. The van der Waals surface area contributed by atoms with Gasteiger partial charge in [-0.15, -0.1) is 0 Å². The van der Waals surface area contributed by atoms with Crippen LogP contribution in [0.15, 0.2) is 18.2 Å². The maximum absolute atomic E-state index is 10.7. The van der Waals surface area contributed by atoms with Gasteiger partial charge in [0.25, 0.3) is 0 Å². The molecule has 1 radical (unpaired) electrons. The minimum Gasteiger partial charge on any atom is -0.502 e. The van der Waals surface area contributed by atoms with Crippen LogP contribution in [0.5, 0.6) is 5.75 Å². The number of nitro groups is 1. The van der Waals surface area contributed by atoms with E-state index in [0.29, 0.717) is 0 Å². The molecule has 1 N–H and O–H groups in total. The van der Waals surface area contributed by atoms with Crippen LogP contribution >= 0.6 is 0 Å². The first-order valence-corrected chi connectivity index (χ1v) is 5.04. The van der Waals surface area contributed by atoms with Crippen molar-refractivity contribution in [2.45, 2.75) is 0 Å². The lowest BCUT2D eigenvalue weighted by molar-refractivity contribution is -0.385. The summed E-state index contributed by atoms with van der Waals surface area (Å²) in [7, 11) is 0. The fourth-order valence-electron chi connectivity index (χ4n) is 1.72. The van der Waals surface area contributed by atoms with E-state index in [0.717, 1.165) is 31.9 Å². The maximum Gasteiger partial charge on any atom is 0.312 e. The fraction of sp³-hybridized carbons (Fsp3) is 0.400. The number of rotatable bonds is 2. The Morgan fingerprint density at radius 1 is 1.38 bits per heavy atom. The van der Waals surface area contributed by atoms with Crippen LogP contribution < -0.4 is 10.2 Å². The molecular weight excluding hydrogens is 210 g/mol. The van der Waals surface area contributed by atoms with Gasteiger partial charge in [0, 0.05) is 37.9 Å². The lowest BCUT2D eigenvalue weighted by Crippen LogP contribution is -2.40. The number of aromatic hydroxyl groups is 1. The van der Waals surface area contributed by atoms with Crippen molar-refractivity contribution in [2.24, 2.45) is 0 Å². The van der Waals surface area contributed by atoms with Gasteiger partial charge < -0.3 is 10.0 Å². The SMILES string of the molecule is O=[N+]([O-])c1cc(N2CC[N]CC2)ccc1O. The van der Waals surface area contributed by atoms with Crippen molar-refractivity contribution in [1.29, 1.82) is 0 Å². The predicted octanol–water partition coefficient (Wildman–Crippen LogP) is 0.725. The van der Waals surface area contributed by atoms with Crippen molar-refractivity contribution in [3.05, 3.63) is 28.3 Å². The van der Waals surface area contributed by atoms with E-state index >= 15 is 0 Å². The van der Waals surface area contributed by atoms with Gasteiger partial charge in [0.05, 0.1) is 4.92 Å². The second-order valence-electron chi connectivity index (χ2n) is 3.59. The van der Waals surface area contributed by atoms with Gasteiger partial charge in [-0.25, -0.2) is 5.32 Å². The summed E-state index contributed by atoms with van der Waals surface area (Å²) >= 11 is 0. The molecule has 0 bridgehead atoms. The van der Waals surface area contributed by atoms with Crippen LogP contribution in [0.2, 0.25) is 0 Å². The van der Waals surface area contributed by atoms with Crippen LogP contribution in [-0.2, 0) is 0 Å². The van der Waals surface area contributed by atoms with E-state index in [1.165, 1.54) is 12.1 Å². The normalized spacial score (nSPS) is 16.1. The van der Waals surface area contributed by atoms with Crippen LogP contribution in [0.3, 0.4) is 0 Å². The summed E-state index contributed by atoms with van der Waals surface area (Å²) in [5.74, 6) is -0.296. The standard InChI is InChI=1S/C10H12N3O3/c14-10-2-1-8(7-9(10)13(15)16)12-5-3-11-4-6-12/h1-2,7,14H,3-6H2. The minimum absolute atomic E-state index is 0.250. The Morgan fingerprint density at radius 3 is 2.69 bits per heavy atom. The summed E-state index contributed by atoms with van der Waals surface area (Å²) in [4.78, 5) is 12.1. The summed E-state index contributed by atoms with van der Waals surface area (Å²) in [6.07, 6.45) is 0. The van der Waals surface area contributed by atoms with E-state index in [2.05, 4.69) is 5.32 Å². The zero-order valence-electron chi connectivity index (χ0n) is 8.67. The molecule has 0 amide bonds. The van der Waals surface area contributed by atoms with Crippen LogP contribution in [0.25, 0.3) is 0 Å². The molecule has 1 fully saturated rings. The lowest BCUT2D eigenvalue weighted by Gasteiger charge is -2.28. The van der Waals surface area contributed by atoms with Gasteiger partial charge in [-0.1, -0.05) is 0 Å². The molecule has 1 aromatic rings. The number of phenols is 1. The molecule has 0 aliphatic carbocycles. The molecule has 0 aromatic heterocycles. The molecule has 6 heteroatoms. The van der Waals surface area contributed by atoms with Crippen molar-refractivity contribution in [1.82, 2.24) is 5.32 Å². The van der Waals surface area contributed by atoms with Crippen LogP contribution in [0.4, 0.5) is 11.4 Å². The van der Waals surface area contributed by atoms with Crippen molar-refractivity contribution < 1.29 is 10.0 Å². The van der Waals surface area contributed by atoms with E-state index in [1.807, 2.05) is 4.90 Å². The number of nitrogens with zero attached hydrogens (tertiary/aromatic N) is 3. The zero-order chi connectivity index (χ0) is 11.5. The number of phenolic OH excluding ortho intramolecular Hbond substituents is 1. The Kier molecular flexibility index (Phi) is 2.91. The Balaban J connectivity index is 2.27. The van der Waals surface area contributed by atoms with Crippen LogP contribution in [0.1, 0.15) is 0 Å². The van der Waals surface area contributed by atoms with Crippen LogP contribution in [-0.4, -0.2) is 36.2 Å². The topological polar surface area (TPSA) is 80.7 Å². The molecule has 1 aliphatic heterocycles. The van der Waals surface area contributed by atoms with E-state index < -0.39 is 4.92 Å². The molecule has 1 aromatic carbocycles. The average molecular weight is 222 g/mol. The summed E-state index contributed by atoms with van der Waals surface area (Å²) in [5.41, 5.74) is 0.513. The van der Waals surface area contributed by atoms with Crippen molar-refractivity contribution in [3.8, 4) is 5.75 Å². The minimum atomic E-state index is -0.576. The summed E-state index contributed by atoms with van der Waals surface area (Å²) in [6, 6.07) is 4.45. The molecule has 85 valence electrons. The third-order valence-corrected chi connectivity index (χ3v) is 2.58. The average Bonchev–Trinajstić information content (AvgIpc) is 2.30. The van der Waals surface area contributed by atoms with Gasteiger partial charge in [-0.3, -0.25) is 10.1 Å². The lowest BCUT2D eigenvalue weighted by atomic mass is 10.2. The van der Waals surface area contributed by atoms with Crippen molar-refractivity contribution in [2.75, 3.05) is 31.1 Å². The van der Waals surface area contributed by atoms with Crippen molar-refractivity contribution in [3.63, 3.8) is 0 Å². The number of benzene rings is 1. The largest absolute Gasteiger partial charge is 0.502 e. The molecule has 0 unspecified atom stereocenters. The highest BCUT2D eigenvalue weighted by Crippen LogP contribution is 2.30. The highest BCUT2D eigenvalue weighted by molar-refractivity contribution is 5.59. The van der Waals surface area contributed by atoms with E-state index in [1.54, 1.807) is 6.07 Å². The number of nitro benzene ring substituents is 1. The second kappa shape index (κ2) is 4.36. The molecule has 1 aliphatic rings. The van der Waals surface area contributed by atoms with E-state index in [4.69, 9.17) is 0 Å². The highest BCUT2D eigenvalue weighted by Gasteiger charge is 2.17. The third-order valence-electron chi connectivity index (χ3n) is 2.58. The summed E-state index contributed by atoms with van der Waals surface area (Å²) in [5, 5.41) is 24.2. The van der Waals surface area contributed by atoms with Gasteiger partial charge >= 0.3 is 5.69 Å². The summed E-state index contributed by atoms with van der Waals surface area (Å²) in [6.45, 7) is 3.02. The Morgan fingerprint density at radius 2 is 2.06 bits per heavy atom. The number of hydrogen-bond acceptors (Lipinski definition) is 4. The first kappa shape index (κ1) is 10.7. The molecule has 0 spiro atoms. The summed E-state index contributed by atoms with van der Waals surface area (Å²) < 4.78 is 0. The van der Waals surface area contributed by atoms with Gasteiger partial charge in [-0.05, 0) is 12.1 Å². The monoisotopic (exact) mass is 222 g/mol. The Hall–Kier alpha value is -1.82. The van der Waals surface area contributed by atoms with Gasteiger partial charge in [0.15, 0.2) is 5.75 Å². The number of piperazine rings is 1. The molecule has 6 nitrogen and oxygen atoms in total. The molecule has 2 rings (SSSR count). The highest BCUT2D eigenvalue weighted by atomic mass is 16.6. The molecule has 16 heavy (non-hydrogen) atoms. The van der Waals surface area contributed by atoms with Crippen LogP contribution in [0, 0.1) is 10.1 Å². The maximum atomic E-state index is 10.7. The third kappa shape index (κ3) is 2.06. The molecule has 0 atom stereocenters. The van der Waals surface area contributed by atoms with Gasteiger partial charge in [0.2, 0.25) is 0 Å². The second-order valence-corrected chi connectivity index (χ2v) is 3.59. The smallest absolute Gasteiger partial charge is 0.312 e. The van der Waals surface area contributed by atoms with E-state index in [-0.39, 0.29) is 11.4 Å². The quantitative estimate of drug-likeness (QED) is 0.590. The number of hydrogen-bond donors (Lipinski definition) is 1. The van der Waals surface area contributed by atoms with E-state index in [9.17, 15) is 15.2 Å². The van der Waals surface area contributed by atoms with Crippen molar-refractivity contribution >= 4 is 11.4 Å². The first-order valence-electron chi connectivity index (χ1n) is 5.04. The fourth-order valence-corrected chi connectivity index (χ4v) is 1.72. The molecule has 0 saturated carbocycles. The Labute approximate surface area is 92.6 Å². The Bertz CT molecular complexity index is 402. The first-order chi connectivity index (χ1) is 7.68. The molecular formula is C10H12N3O3.